The van der Waals surface area contributed by atoms with Crippen molar-refractivity contribution in [1.82, 2.24) is 25.5 Å². The molecule has 3 N–H and O–H groups in total. The first-order valence-corrected chi connectivity index (χ1v) is 8.78. The molecule has 128 valence electrons. The van der Waals surface area contributed by atoms with Crippen LogP contribution in [0.15, 0.2) is 36.2 Å². The summed E-state index contributed by atoms with van der Waals surface area (Å²) in [5, 5.41) is 13.9. The summed E-state index contributed by atoms with van der Waals surface area (Å²) in [4.78, 5) is 7.54. The zero-order chi connectivity index (χ0) is 17.2. The van der Waals surface area contributed by atoms with Gasteiger partial charge in [-0.15, -0.1) is 0 Å². The Morgan fingerprint density at radius 1 is 1.32 bits per heavy atom. The van der Waals surface area contributed by atoms with Gasteiger partial charge in [0.2, 0.25) is 0 Å². The molecule has 4 heterocycles. The number of nitrogens with zero attached hydrogens (tertiary/aromatic N) is 2. The van der Waals surface area contributed by atoms with E-state index in [2.05, 4.69) is 57.2 Å². The van der Waals surface area contributed by atoms with Crippen LogP contribution in [-0.2, 0) is 0 Å². The maximum atomic E-state index is 4.46. The number of fused-ring (bicyclic) bond motifs is 1. The molecule has 0 bridgehead atoms. The van der Waals surface area contributed by atoms with Crippen LogP contribution in [0.5, 0.6) is 0 Å². The highest BCUT2D eigenvalue weighted by Gasteiger charge is 2.13. The average molecular weight is 333 g/mol. The Morgan fingerprint density at radius 3 is 2.96 bits per heavy atom. The first kappa shape index (κ1) is 15.8. The van der Waals surface area contributed by atoms with Gasteiger partial charge < -0.3 is 10.3 Å². The number of H-pyrrole nitrogens is 2. The van der Waals surface area contributed by atoms with Gasteiger partial charge in [0, 0.05) is 28.5 Å². The van der Waals surface area contributed by atoms with Gasteiger partial charge in [0.1, 0.15) is 5.69 Å². The molecule has 1 aliphatic heterocycles. The van der Waals surface area contributed by atoms with E-state index < -0.39 is 0 Å². The zero-order valence-electron chi connectivity index (χ0n) is 14.5. The van der Waals surface area contributed by atoms with E-state index in [4.69, 9.17) is 0 Å². The molecule has 0 atom stereocenters. The fourth-order valence-electron chi connectivity index (χ4n) is 3.47. The van der Waals surface area contributed by atoms with Crippen molar-refractivity contribution in [3.05, 3.63) is 46.7 Å². The van der Waals surface area contributed by atoms with Crippen LogP contribution >= 0.6 is 0 Å². The number of hydrogen-bond acceptors (Lipinski definition) is 3. The van der Waals surface area contributed by atoms with Gasteiger partial charge in [0.15, 0.2) is 0 Å². The van der Waals surface area contributed by atoms with Crippen LogP contribution in [0, 0.1) is 5.92 Å². The maximum Gasteiger partial charge on any atom is 0.116 e. The summed E-state index contributed by atoms with van der Waals surface area (Å²) in [7, 11) is 0. The van der Waals surface area contributed by atoms with Gasteiger partial charge in [-0.25, -0.2) is 0 Å². The van der Waals surface area contributed by atoms with E-state index in [0.717, 1.165) is 45.9 Å². The van der Waals surface area contributed by atoms with Crippen LogP contribution in [-0.4, -0.2) is 33.3 Å². The van der Waals surface area contributed by atoms with Gasteiger partial charge in [-0.05, 0) is 57.0 Å². The van der Waals surface area contributed by atoms with Crippen molar-refractivity contribution in [2.24, 2.45) is 5.92 Å². The van der Waals surface area contributed by atoms with Crippen molar-refractivity contribution in [3.8, 4) is 11.4 Å². The smallest absolute Gasteiger partial charge is 0.116 e. The third-order valence-electron chi connectivity index (χ3n) is 5.07. The van der Waals surface area contributed by atoms with E-state index in [-0.39, 0.29) is 0 Å². The topological polar surface area (TPSA) is 69.4 Å². The molecule has 0 radical (unpaired) electrons. The fraction of sp³-hybridized carbons (Fsp3) is 0.300. The van der Waals surface area contributed by atoms with E-state index in [1.807, 2.05) is 12.3 Å². The van der Waals surface area contributed by atoms with E-state index in [1.54, 1.807) is 6.20 Å². The second-order valence-electron chi connectivity index (χ2n) is 6.71. The monoisotopic (exact) mass is 333 g/mol. The number of aromatic nitrogens is 4. The Bertz CT molecular complexity index is 985. The molecule has 0 saturated carbocycles. The molecular weight excluding hydrogens is 310 g/mol. The largest absolute Gasteiger partial charge is 0.353 e. The van der Waals surface area contributed by atoms with Gasteiger partial charge in [-0.3, -0.25) is 10.1 Å². The molecule has 5 nitrogen and oxygen atoms in total. The molecule has 1 fully saturated rings. The minimum absolute atomic E-state index is 0.675. The van der Waals surface area contributed by atoms with Crippen molar-refractivity contribution in [3.63, 3.8) is 0 Å². The van der Waals surface area contributed by atoms with E-state index in [1.165, 1.54) is 18.4 Å². The summed E-state index contributed by atoms with van der Waals surface area (Å²) < 4.78 is 0. The minimum atomic E-state index is 0.675. The van der Waals surface area contributed by atoms with Crippen LogP contribution < -0.4 is 15.9 Å². The standard InChI is InChI=1S/C20H23N5/c1-13(15-5-8-21-9-6-15)3-4-17-14(2)20(25-24-17)19-11-16-12-22-10-7-18(16)23-19/h3-4,7,10-12,15,21,23-24H,2,5-6,8-9H2,1H3/b13-3+,17-4+. The molecule has 0 spiro atoms. The van der Waals surface area contributed by atoms with Gasteiger partial charge in [0.25, 0.3) is 0 Å². The quantitative estimate of drug-likeness (QED) is 0.687. The number of aromatic amines is 2. The second-order valence-corrected chi connectivity index (χ2v) is 6.71. The van der Waals surface area contributed by atoms with Gasteiger partial charge in [-0.1, -0.05) is 18.2 Å². The molecule has 1 aliphatic rings. The average Bonchev–Trinajstić information content (AvgIpc) is 3.23. The minimum Gasteiger partial charge on any atom is -0.353 e. The first-order chi connectivity index (χ1) is 12.2. The Balaban J connectivity index is 1.65. The molecule has 0 amide bonds. The number of hydrogen-bond donors (Lipinski definition) is 3. The number of rotatable bonds is 3. The van der Waals surface area contributed by atoms with Crippen LogP contribution in [0.3, 0.4) is 0 Å². The van der Waals surface area contributed by atoms with Crippen LogP contribution in [0.1, 0.15) is 19.8 Å². The highest BCUT2D eigenvalue weighted by molar-refractivity contribution is 5.84. The van der Waals surface area contributed by atoms with Crippen molar-refractivity contribution in [2.45, 2.75) is 19.8 Å². The Labute approximate surface area is 146 Å². The molecule has 3 aromatic heterocycles. The Morgan fingerprint density at radius 2 is 2.16 bits per heavy atom. The predicted octanol–water partition coefficient (Wildman–Crippen LogP) is 2.09. The summed E-state index contributed by atoms with van der Waals surface area (Å²) in [6.07, 6.45) is 10.4. The summed E-state index contributed by atoms with van der Waals surface area (Å²) in [6.45, 7) is 8.66. The molecule has 3 aromatic rings. The molecule has 25 heavy (non-hydrogen) atoms. The van der Waals surface area contributed by atoms with Crippen molar-refractivity contribution in [2.75, 3.05) is 13.1 Å². The number of piperidine rings is 1. The zero-order valence-corrected chi connectivity index (χ0v) is 14.5. The Kier molecular flexibility index (Phi) is 4.24. The number of pyridine rings is 1. The normalized spacial score (nSPS) is 17.5. The lowest BCUT2D eigenvalue weighted by Crippen LogP contribution is -2.28. The lowest BCUT2D eigenvalue weighted by atomic mass is 9.91. The SMILES string of the molecule is C=c1c(-c2cc3cnccc3[nH]2)n[nH]/c1=C/C=C(\C)C1CCNCC1. The summed E-state index contributed by atoms with van der Waals surface area (Å²) in [5.41, 5.74) is 4.30. The molecular formula is C20H23N5. The molecule has 5 heteroatoms. The number of allylic oxidation sites excluding steroid dienone is 2. The third-order valence-corrected chi connectivity index (χ3v) is 5.07. The number of nitrogens with one attached hydrogen (secondary N) is 3. The van der Waals surface area contributed by atoms with Crippen molar-refractivity contribution in [1.29, 1.82) is 0 Å². The second kappa shape index (κ2) is 6.69. The van der Waals surface area contributed by atoms with Gasteiger partial charge in [0.05, 0.1) is 11.0 Å². The molecule has 0 unspecified atom stereocenters. The molecule has 1 saturated heterocycles. The van der Waals surface area contributed by atoms with Crippen molar-refractivity contribution < 1.29 is 0 Å². The highest BCUT2D eigenvalue weighted by atomic mass is 15.1. The van der Waals surface area contributed by atoms with E-state index in [9.17, 15) is 0 Å². The summed E-state index contributed by atoms with van der Waals surface area (Å²) in [6, 6.07) is 4.03. The third kappa shape index (κ3) is 3.15. The maximum absolute atomic E-state index is 4.46. The Hall–Kier alpha value is -2.66. The summed E-state index contributed by atoms with van der Waals surface area (Å²) in [5.74, 6) is 0.675. The van der Waals surface area contributed by atoms with E-state index in [0.29, 0.717) is 5.92 Å². The lowest BCUT2D eigenvalue weighted by molar-refractivity contribution is 0.420. The van der Waals surface area contributed by atoms with Crippen LogP contribution in [0.25, 0.3) is 34.9 Å². The molecule has 0 aromatic carbocycles. The van der Waals surface area contributed by atoms with Crippen LogP contribution in [0.2, 0.25) is 0 Å². The van der Waals surface area contributed by atoms with Gasteiger partial charge in [-0.2, -0.15) is 5.10 Å². The fourth-order valence-corrected chi connectivity index (χ4v) is 3.47. The van der Waals surface area contributed by atoms with E-state index >= 15 is 0 Å². The predicted molar refractivity (Wildman–Crippen MR) is 102 cm³/mol. The van der Waals surface area contributed by atoms with Crippen LogP contribution in [0.4, 0.5) is 0 Å². The highest BCUT2D eigenvalue weighted by Crippen LogP contribution is 2.21. The van der Waals surface area contributed by atoms with Gasteiger partial charge >= 0.3 is 0 Å². The molecule has 0 aliphatic carbocycles. The lowest BCUT2D eigenvalue weighted by Gasteiger charge is -2.23. The summed E-state index contributed by atoms with van der Waals surface area (Å²) >= 11 is 0. The first-order valence-electron chi connectivity index (χ1n) is 8.78. The molecule has 4 rings (SSSR count). The van der Waals surface area contributed by atoms with Crippen molar-refractivity contribution >= 4 is 23.6 Å².